The monoisotopic (exact) mass is 329 g/mol. The largest absolute Gasteiger partial charge is 0.385 e. The van der Waals surface area contributed by atoms with E-state index in [1.165, 1.54) is 77.0 Å². The lowest BCUT2D eigenvalue weighted by Gasteiger charge is -2.20. The molecule has 0 heterocycles. The maximum Gasteiger partial charge on any atom is 0.0433 e. The van der Waals surface area contributed by atoms with Crippen molar-refractivity contribution in [2.75, 3.05) is 20.8 Å². The fourth-order valence-corrected chi connectivity index (χ4v) is 2.99. The number of rotatable bonds is 3. The molecule has 0 radical (unpaired) electrons. The highest BCUT2D eigenvalue weighted by molar-refractivity contribution is 4.69. The van der Waals surface area contributed by atoms with Crippen molar-refractivity contribution in [1.29, 1.82) is 0 Å². The summed E-state index contributed by atoms with van der Waals surface area (Å²) in [5.41, 5.74) is 0. The highest BCUT2D eigenvalue weighted by Crippen LogP contribution is 2.25. The molecule has 2 aliphatic carbocycles. The lowest BCUT2D eigenvalue weighted by Crippen LogP contribution is -2.26. The third-order valence-corrected chi connectivity index (χ3v) is 4.60. The lowest BCUT2D eigenvalue weighted by atomic mass is 9.88. The molecule has 2 heteroatoms. The van der Waals surface area contributed by atoms with E-state index >= 15 is 0 Å². The summed E-state index contributed by atoms with van der Waals surface area (Å²) >= 11 is 0. The summed E-state index contributed by atoms with van der Waals surface area (Å²) in [6.07, 6.45) is 17.3. The van der Waals surface area contributed by atoms with Gasteiger partial charge in [0.05, 0.1) is 0 Å². The van der Waals surface area contributed by atoms with Gasteiger partial charge in [-0.2, -0.15) is 0 Å². The molecule has 0 unspecified atom stereocenters. The molecule has 23 heavy (non-hydrogen) atoms. The molecule has 0 spiro atoms. The van der Waals surface area contributed by atoms with E-state index < -0.39 is 0 Å². The fraction of sp³-hybridized carbons (Fsp3) is 1.00. The molecule has 0 atom stereocenters. The Balaban J connectivity index is 0. The molecular weight excluding hydrogens is 282 g/mol. The van der Waals surface area contributed by atoms with E-state index in [0.717, 1.165) is 18.6 Å². The summed E-state index contributed by atoms with van der Waals surface area (Å²) in [5.74, 6) is 1.09. The smallest absolute Gasteiger partial charge is 0.0433 e. The first-order valence-corrected chi connectivity index (χ1v) is 10.4. The standard InChI is InChI=1S/C8H16.C7H15N.C3H8O.C3H8/c1-2-8-6-4-3-5-7-8;1-8-7-5-3-2-4-6-7;1-3-4-2;1-3-2/h8H,2-7H2,1H3;7-8H,2-6H2,1H3;3H2,1-2H3;3H2,1-2H3. The minimum atomic E-state index is 0.819. The average molecular weight is 330 g/mol. The first-order chi connectivity index (χ1) is 11.2. The van der Waals surface area contributed by atoms with Crippen LogP contribution < -0.4 is 5.32 Å². The summed E-state index contributed by atoms with van der Waals surface area (Å²) in [6.45, 7) is 9.34. The summed E-state index contributed by atoms with van der Waals surface area (Å²) < 4.78 is 4.54. The van der Waals surface area contributed by atoms with Crippen LogP contribution in [0.1, 0.15) is 105 Å². The third-order valence-electron chi connectivity index (χ3n) is 4.60. The van der Waals surface area contributed by atoms with Gasteiger partial charge in [0.1, 0.15) is 0 Å². The van der Waals surface area contributed by atoms with Crippen molar-refractivity contribution < 1.29 is 4.74 Å². The first kappa shape index (κ1) is 25.2. The Kier molecular flexibility index (Phi) is 24.0. The van der Waals surface area contributed by atoms with Crippen molar-refractivity contribution >= 4 is 0 Å². The molecule has 0 aromatic rings. The Morgan fingerprint density at radius 2 is 1.17 bits per heavy atom. The number of nitrogens with one attached hydrogen (secondary N) is 1. The van der Waals surface area contributed by atoms with Crippen LogP contribution in [0.15, 0.2) is 0 Å². The van der Waals surface area contributed by atoms with Gasteiger partial charge in [-0.1, -0.05) is 85.0 Å². The molecule has 0 amide bonds. The molecule has 0 aromatic heterocycles. The molecular formula is C21H47NO. The van der Waals surface area contributed by atoms with E-state index in [1.807, 2.05) is 6.92 Å². The Labute approximate surface area is 148 Å². The minimum absolute atomic E-state index is 0.819. The topological polar surface area (TPSA) is 21.3 Å². The average Bonchev–Trinajstić information content (AvgIpc) is 2.64. The van der Waals surface area contributed by atoms with E-state index in [2.05, 4.69) is 37.9 Å². The molecule has 0 bridgehead atoms. The number of hydrogen-bond donors (Lipinski definition) is 1. The second-order valence-corrected chi connectivity index (χ2v) is 6.82. The van der Waals surface area contributed by atoms with Gasteiger partial charge in [0.2, 0.25) is 0 Å². The highest BCUT2D eigenvalue weighted by atomic mass is 16.5. The van der Waals surface area contributed by atoms with Crippen molar-refractivity contribution in [3.05, 3.63) is 0 Å². The predicted octanol–water partition coefficient (Wildman–Crippen LogP) is 6.58. The van der Waals surface area contributed by atoms with Crippen molar-refractivity contribution in [3.8, 4) is 0 Å². The van der Waals surface area contributed by atoms with Crippen LogP contribution in [0.2, 0.25) is 0 Å². The zero-order valence-corrected chi connectivity index (χ0v) is 17.3. The number of ether oxygens (including phenoxy) is 1. The number of hydrogen-bond acceptors (Lipinski definition) is 2. The van der Waals surface area contributed by atoms with Crippen LogP contribution in [0.3, 0.4) is 0 Å². The van der Waals surface area contributed by atoms with Gasteiger partial charge in [0.25, 0.3) is 0 Å². The van der Waals surface area contributed by atoms with Crippen molar-refractivity contribution in [2.45, 2.75) is 111 Å². The molecule has 2 fully saturated rings. The fourth-order valence-electron chi connectivity index (χ4n) is 2.99. The molecule has 2 nitrogen and oxygen atoms in total. The molecule has 0 aromatic carbocycles. The second-order valence-electron chi connectivity index (χ2n) is 6.82. The predicted molar refractivity (Wildman–Crippen MR) is 106 cm³/mol. The zero-order chi connectivity index (χ0) is 17.8. The molecule has 2 aliphatic rings. The van der Waals surface area contributed by atoms with Crippen molar-refractivity contribution in [2.24, 2.45) is 5.92 Å². The summed E-state index contributed by atoms with van der Waals surface area (Å²) in [7, 11) is 3.75. The molecule has 0 saturated heterocycles. The summed E-state index contributed by atoms with van der Waals surface area (Å²) in [6, 6.07) is 0.837. The van der Waals surface area contributed by atoms with Crippen LogP contribution in [0.25, 0.3) is 0 Å². The van der Waals surface area contributed by atoms with Gasteiger partial charge in [-0.3, -0.25) is 0 Å². The van der Waals surface area contributed by atoms with Crippen LogP contribution in [0, 0.1) is 5.92 Å². The van der Waals surface area contributed by atoms with Crippen molar-refractivity contribution in [1.82, 2.24) is 5.32 Å². The van der Waals surface area contributed by atoms with Crippen LogP contribution in [-0.2, 0) is 4.74 Å². The van der Waals surface area contributed by atoms with E-state index in [0.29, 0.717) is 0 Å². The zero-order valence-electron chi connectivity index (χ0n) is 17.3. The number of methoxy groups -OCH3 is 1. The second kappa shape index (κ2) is 21.9. The van der Waals surface area contributed by atoms with Gasteiger partial charge >= 0.3 is 0 Å². The maximum atomic E-state index is 4.54. The van der Waals surface area contributed by atoms with Gasteiger partial charge < -0.3 is 10.1 Å². The third kappa shape index (κ3) is 19.9. The first-order valence-electron chi connectivity index (χ1n) is 10.4. The van der Waals surface area contributed by atoms with Crippen LogP contribution in [0.4, 0.5) is 0 Å². The Morgan fingerprint density at radius 3 is 1.39 bits per heavy atom. The van der Waals surface area contributed by atoms with Gasteiger partial charge in [-0.25, -0.2) is 0 Å². The quantitative estimate of drug-likeness (QED) is 0.631. The molecule has 0 aliphatic heterocycles. The normalized spacial score (nSPS) is 18.5. The SMILES string of the molecule is CCC.CCC1CCCCC1.CCOC.CNC1CCCCC1. The Hall–Kier alpha value is -0.0800. The summed E-state index contributed by atoms with van der Waals surface area (Å²) in [5, 5.41) is 3.30. The van der Waals surface area contributed by atoms with E-state index in [4.69, 9.17) is 0 Å². The van der Waals surface area contributed by atoms with Crippen LogP contribution in [-0.4, -0.2) is 26.8 Å². The van der Waals surface area contributed by atoms with Crippen molar-refractivity contribution in [3.63, 3.8) is 0 Å². The van der Waals surface area contributed by atoms with Gasteiger partial charge in [0.15, 0.2) is 0 Å². The van der Waals surface area contributed by atoms with E-state index in [1.54, 1.807) is 7.11 Å². The lowest BCUT2D eigenvalue weighted by molar-refractivity contribution is 0.215. The van der Waals surface area contributed by atoms with E-state index in [9.17, 15) is 0 Å². The van der Waals surface area contributed by atoms with Gasteiger partial charge in [-0.05, 0) is 32.7 Å². The van der Waals surface area contributed by atoms with E-state index in [-0.39, 0.29) is 0 Å². The van der Waals surface area contributed by atoms with Crippen LogP contribution in [0.5, 0.6) is 0 Å². The molecule has 2 saturated carbocycles. The van der Waals surface area contributed by atoms with Crippen LogP contribution >= 0.6 is 0 Å². The maximum absolute atomic E-state index is 4.54. The van der Waals surface area contributed by atoms with Gasteiger partial charge in [-0.15, -0.1) is 0 Å². The minimum Gasteiger partial charge on any atom is -0.385 e. The Bertz CT molecular complexity index is 164. The molecule has 2 rings (SSSR count). The molecule has 142 valence electrons. The van der Waals surface area contributed by atoms with Gasteiger partial charge in [0, 0.05) is 19.8 Å². The summed E-state index contributed by atoms with van der Waals surface area (Å²) in [4.78, 5) is 0. The highest BCUT2D eigenvalue weighted by Gasteiger charge is 2.10. The molecule has 1 N–H and O–H groups in total. The Morgan fingerprint density at radius 1 is 0.783 bits per heavy atom.